The Bertz CT molecular complexity index is 716. The number of hydrogen-bond acceptors (Lipinski definition) is 4. The van der Waals surface area contributed by atoms with Crippen LogP contribution in [0.25, 0.3) is 0 Å². The Hall–Kier alpha value is -2.62. The van der Waals surface area contributed by atoms with E-state index in [0.29, 0.717) is 31.6 Å². The summed E-state index contributed by atoms with van der Waals surface area (Å²) in [6.07, 6.45) is 3.53. The van der Waals surface area contributed by atoms with Crippen molar-refractivity contribution in [2.75, 3.05) is 18.4 Å². The normalized spacial score (nSPS) is 23.5. The number of amides is 2. The molecule has 2 aliphatic rings. The van der Waals surface area contributed by atoms with E-state index in [4.69, 9.17) is 5.26 Å². The monoisotopic (exact) mass is 344 g/mol. The van der Waals surface area contributed by atoms with Crippen LogP contribution in [0, 0.1) is 17.1 Å². The van der Waals surface area contributed by atoms with Crippen LogP contribution in [0.4, 0.5) is 10.1 Å². The van der Waals surface area contributed by atoms with Crippen molar-refractivity contribution in [1.29, 1.82) is 5.26 Å². The molecule has 0 saturated carbocycles. The van der Waals surface area contributed by atoms with Crippen molar-refractivity contribution < 1.29 is 14.0 Å². The van der Waals surface area contributed by atoms with Gasteiger partial charge in [0.2, 0.25) is 11.8 Å². The summed E-state index contributed by atoms with van der Waals surface area (Å²) < 4.78 is 13.7. The minimum atomic E-state index is -0.554. The number of carbonyl (C=O) groups is 2. The average Bonchev–Trinajstić information content (AvgIpc) is 2.61. The van der Waals surface area contributed by atoms with E-state index in [-0.39, 0.29) is 23.4 Å². The number of hydrogen-bond donors (Lipinski definition) is 2. The summed E-state index contributed by atoms with van der Waals surface area (Å²) in [5.41, 5.74) is 0.443. The number of carbonyl (C=O) groups excluding carboxylic acids is 2. The van der Waals surface area contributed by atoms with Gasteiger partial charge in [-0.25, -0.2) is 4.39 Å². The molecule has 2 aliphatic heterocycles. The van der Waals surface area contributed by atoms with Crippen LogP contribution in [0.5, 0.6) is 0 Å². The highest BCUT2D eigenvalue weighted by atomic mass is 19.1. The van der Waals surface area contributed by atoms with Crippen LogP contribution in [0.2, 0.25) is 0 Å². The Labute approximate surface area is 146 Å². The predicted molar refractivity (Wildman–Crippen MR) is 90.1 cm³/mol. The van der Waals surface area contributed by atoms with E-state index in [1.165, 1.54) is 6.07 Å². The summed E-state index contributed by atoms with van der Waals surface area (Å²) in [7, 11) is 0. The highest BCUT2D eigenvalue weighted by Crippen LogP contribution is 2.22. The molecule has 1 aromatic carbocycles. The highest BCUT2D eigenvalue weighted by Gasteiger charge is 2.31. The lowest BCUT2D eigenvalue weighted by Crippen LogP contribution is -2.54. The van der Waals surface area contributed by atoms with E-state index in [0.717, 1.165) is 19.3 Å². The van der Waals surface area contributed by atoms with E-state index in [9.17, 15) is 14.0 Å². The van der Waals surface area contributed by atoms with Gasteiger partial charge in [0.25, 0.3) is 0 Å². The van der Waals surface area contributed by atoms with Crippen LogP contribution < -0.4 is 10.6 Å². The number of piperidine rings is 2. The molecule has 2 fully saturated rings. The van der Waals surface area contributed by atoms with E-state index in [2.05, 4.69) is 10.6 Å². The number of likely N-dealkylation sites (tertiary alicyclic amines) is 1. The Morgan fingerprint density at radius 3 is 2.96 bits per heavy atom. The van der Waals surface area contributed by atoms with Crippen molar-refractivity contribution in [1.82, 2.24) is 10.2 Å². The summed E-state index contributed by atoms with van der Waals surface area (Å²) in [6.45, 7) is 1.13. The fourth-order valence-corrected chi connectivity index (χ4v) is 3.48. The first-order chi connectivity index (χ1) is 12.1. The smallest absolute Gasteiger partial charge is 0.245 e. The molecule has 0 aromatic heterocycles. The molecule has 0 unspecified atom stereocenters. The fourth-order valence-electron chi connectivity index (χ4n) is 3.48. The molecule has 0 spiro atoms. The van der Waals surface area contributed by atoms with Gasteiger partial charge in [0.15, 0.2) is 0 Å². The molecule has 2 saturated heterocycles. The van der Waals surface area contributed by atoms with Crippen molar-refractivity contribution in [3.63, 3.8) is 0 Å². The van der Waals surface area contributed by atoms with Gasteiger partial charge < -0.3 is 15.5 Å². The van der Waals surface area contributed by atoms with Crippen molar-refractivity contribution in [2.45, 2.75) is 44.2 Å². The number of rotatable bonds is 3. The van der Waals surface area contributed by atoms with E-state index < -0.39 is 11.9 Å². The number of anilines is 1. The average molecular weight is 344 g/mol. The molecule has 0 bridgehead atoms. The maximum absolute atomic E-state index is 13.7. The minimum Gasteiger partial charge on any atom is -0.379 e. The first kappa shape index (κ1) is 17.2. The number of nitrogens with one attached hydrogen (secondary N) is 2. The fraction of sp³-hybridized carbons (Fsp3) is 0.500. The second-order valence-corrected chi connectivity index (χ2v) is 6.55. The van der Waals surface area contributed by atoms with Crippen molar-refractivity contribution in [3.8, 4) is 6.07 Å². The molecule has 3 rings (SSSR count). The van der Waals surface area contributed by atoms with Gasteiger partial charge in [0, 0.05) is 25.6 Å². The summed E-state index contributed by atoms with van der Waals surface area (Å²) in [6, 6.07) is 5.87. The SMILES string of the molecule is N#Cc1c(F)cccc1N[C@H]1CCCN(C(=O)[C@H]2CCCC(=O)N2)C1. The predicted octanol–water partition coefficient (Wildman–Crippen LogP) is 1.77. The molecule has 0 radical (unpaired) electrons. The van der Waals surface area contributed by atoms with Crippen LogP contribution in [0.15, 0.2) is 18.2 Å². The molecule has 25 heavy (non-hydrogen) atoms. The summed E-state index contributed by atoms with van der Waals surface area (Å²) >= 11 is 0. The van der Waals surface area contributed by atoms with Gasteiger partial charge in [-0.15, -0.1) is 0 Å². The van der Waals surface area contributed by atoms with Gasteiger partial charge in [0.05, 0.1) is 5.69 Å². The van der Waals surface area contributed by atoms with Crippen molar-refractivity contribution >= 4 is 17.5 Å². The zero-order chi connectivity index (χ0) is 17.8. The van der Waals surface area contributed by atoms with Crippen LogP contribution in [0.1, 0.15) is 37.7 Å². The Morgan fingerprint density at radius 2 is 2.20 bits per heavy atom. The standard InChI is InChI=1S/C18H21FN4O2/c19-14-5-1-6-15(13(14)10-20)21-12-4-3-9-23(11-12)18(25)16-7-2-8-17(24)22-16/h1,5-6,12,16,21H,2-4,7-9,11H2,(H,22,24)/t12-,16+/m0/s1. The molecule has 2 amide bonds. The van der Waals surface area contributed by atoms with Crippen LogP contribution in [0.3, 0.4) is 0 Å². The molecule has 132 valence electrons. The van der Waals surface area contributed by atoms with Gasteiger partial charge in [-0.2, -0.15) is 5.26 Å². The van der Waals surface area contributed by atoms with Gasteiger partial charge in [-0.3, -0.25) is 9.59 Å². The number of halogens is 1. The molecule has 2 N–H and O–H groups in total. The van der Waals surface area contributed by atoms with E-state index in [1.54, 1.807) is 17.0 Å². The topological polar surface area (TPSA) is 85.2 Å². The summed E-state index contributed by atoms with van der Waals surface area (Å²) in [4.78, 5) is 25.9. The van der Waals surface area contributed by atoms with Crippen molar-refractivity contribution in [2.24, 2.45) is 0 Å². The molecule has 2 heterocycles. The van der Waals surface area contributed by atoms with Gasteiger partial charge in [-0.1, -0.05) is 6.07 Å². The first-order valence-corrected chi connectivity index (χ1v) is 8.62. The summed E-state index contributed by atoms with van der Waals surface area (Å²) in [5.74, 6) is -0.685. The number of nitrogens with zero attached hydrogens (tertiary/aromatic N) is 2. The van der Waals surface area contributed by atoms with E-state index in [1.807, 2.05) is 6.07 Å². The first-order valence-electron chi connectivity index (χ1n) is 8.62. The number of nitriles is 1. The second kappa shape index (κ2) is 7.51. The maximum Gasteiger partial charge on any atom is 0.245 e. The highest BCUT2D eigenvalue weighted by molar-refractivity contribution is 5.88. The molecule has 7 heteroatoms. The Balaban J connectivity index is 1.65. The Kier molecular flexibility index (Phi) is 5.17. The van der Waals surface area contributed by atoms with Crippen LogP contribution in [-0.2, 0) is 9.59 Å². The van der Waals surface area contributed by atoms with Crippen LogP contribution in [-0.4, -0.2) is 41.9 Å². The molecular formula is C18H21FN4O2. The van der Waals surface area contributed by atoms with Crippen molar-refractivity contribution in [3.05, 3.63) is 29.6 Å². The van der Waals surface area contributed by atoms with Gasteiger partial charge >= 0.3 is 0 Å². The largest absolute Gasteiger partial charge is 0.379 e. The lowest BCUT2D eigenvalue weighted by Gasteiger charge is -2.36. The molecule has 6 nitrogen and oxygen atoms in total. The van der Waals surface area contributed by atoms with Gasteiger partial charge in [0.1, 0.15) is 23.5 Å². The third kappa shape index (κ3) is 3.90. The molecule has 1 aromatic rings. The summed E-state index contributed by atoms with van der Waals surface area (Å²) in [5, 5.41) is 15.1. The van der Waals surface area contributed by atoms with E-state index >= 15 is 0 Å². The quantitative estimate of drug-likeness (QED) is 0.875. The third-order valence-corrected chi connectivity index (χ3v) is 4.75. The zero-order valence-electron chi connectivity index (χ0n) is 13.9. The Morgan fingerprint density at radius 1 is 1.36 bits per heavy atom. The lowest BCUT2D eigenvalue weighted by atomic mass is 10.00. The lowest BCUT2D eigenvalue weighted by molar-refractivity contribution is -0.138. The van der Waals surface area contributed by atoms with Crippen LogP contribution >= 0.6 is 0 Å². The second-order valence-electron chi connectivity index (χ2n) is 6.55. The molecular weight excluding hydrogens is 323 g/mol. The zero-order valence-corrected chi connectivity index (χ0v) is 13.9. The third-order valence-electron chi connectivity index (χ3n) is 4.75. The number of benzene rings is 1. The molecule has 2 atom stereocenters. The minimum absolute atomic E-state index is 0.00880. The van der Waals surface area contributed by atoms with Gasteiger partial charge in [-0.05, 0) is 37.8 Å². The molecule has 0 aliphatic carbocycles. The maximum atomic E-state index is 13.7.